The van der Waals surface area contributed by atoms with Crippen molar-refractivity contribution in [2.45, 2.75) is 58.2 Å². The highest BCUT2D eigenvalue weighted by atomic mass is 16.5. The number of nitrogens with zero attached hydrogens (tertiary/aromatic N) is 1. The second kappa shape index (κ2) is 8.85. The number of carbonyl (C=O) groups excluding carboxylic acids is 1. The van der Waals surface area contributed by atoms with Crippen molar-refractivity contribution >= 4 is 11.9 Å². The van der Waals surface area contributed by atoms with Crippen molar-refractivity contribution in [3.63, 3.8) is 0 Å². The third-order valence-corrected chi connectivity index (χ3v) is 4.65. The Morgan fingerprint density at radius 2 is 2.08 bits per heavy atom. The molecule has 1 fully saturated rings. The Morgan fingerprint density at radius 1 is 1.36 bits per heavy atom. The molecule has 1 aliphatic rings. The number of amides is 1. The summed E-state index contributed by atoms with van der Waals surface area (Å²) >= 11 is 0. The van der Waals surface area contributed by atoms with E-state index in [2.05, 4.69) is 5.32 Å². The van der Waals surface area contributed by atoms with Gasteiger partial charge in [-0.1, -0.05) is 26.0 Å². The van der Waals surface area contributed by atoms with Crippen molar-refractivity contribution in [3.05, 3.63) is 29.8 Å². The fourth-order valence-electron chi connectivity index (χ4n) is 3.15. The van der Waals surface area contributed by atoms with Gasteiger partial charge in [0.2, 0.25) is 0 Å². The van der Waals surface area contributed by atoms with E-state index in [9.17, 15) is 9.59 Å². The quantitative estimate of drug-likeness (QED) is 0.715. The average molecular weight is 348 g/mol. The largest absolute Gasteiger partial charge is 0.481 e. The molecule has 0 saturated heterocycles. The van der Waals surface area contributed by atoms with Crippen molar-refractivity contribution in [2.75, 3.05) is 13.1 Å². The molecule has 0 aromatic heterocycles. The Labute approximate surface area is 149 Å². The fraction of sp³-hybridized carbons (Fsp3) is 0.579. The number of hydrogen-bond acceptors (Lipinski definition) is 4. The summed E-state index contributed by atoms with van der Waals surface area (Å²) in [5.74, 6) is -0.215. The van der Waals surface area contributed by atoms with Gasteiger partial charge in [-0.2, -0.15) is 0 Å². The minimum absolute atomic E-state index is 0.0515. The van der Waals surface area contributed by atoms with Gasteiger partial charge < -0.3 is 15.2 Å². The first-order chi connectivity index (χ1) is 11.9. The number of carboxylic acids is 1. The van der Waals surface area contributed by atoms with Crippen LogP contribution in [0.1, 0.15) is 38.7 Å². The van der Waals surface area contributed by atoms with Gasteiger partial charge in [0.15, 0.2) is 6.10 Å². The van der Waals surface area contributed by atoms with Crippen LogP contribution in [0.4, 0.5) is 0 Å². The minimum atomic E-state index is -0.813. The van der Waals surface area contributed by atoms with E-state index in [4.69, 9.17) is 9.84 Å². The van der Waals surface area contributed by atoms with Gasteiger partial charge in [0, 0.05) is 12.1 Å². The molecular formula is C19H28N2O4. The molecule has 1 atom stereocenters. The zero-order valence-corrected chi connectivity index (χ0v) is 15.2. The first-order valence-electron chi connectivity index (χ1n) is 8.92. The summed E-state index contributed by atoms with van der Waals surface area (Å²) in [6, 6.07) is 7.99. The predicted octanol–water partition coefficient (Wildman–Crippen LogP) is 2.21. The lowest BCUT2D eigenvalue weighted by Crippen LogP contribution is -2.56. The van der Waals surface area contributed by atoms with E-state index >= 15 is 0 Å². The van der Waals surface area contributed by atoms with E-state index in [0.29, 0.717) is 18.7 Å². The maximum Gasteiger partial charge on any atom is 0.317 e. The van der Waals surface area contributed by atoms with Crippen molar-refractivity contribution in [1.29, 1.82) is 0 Å². The third-order valence-electron chi connectivity index (χ3n) is 4.65. The van der Waals surface area contributed by atoms with Crippen LogP contribution >= 0.6 is 0 Å². The SMILES string of the molecule is CCC(Oc1cccc(C)c1)C(=O)NC1CC(N(CC)CC(=O)O)C1. The van der Waals surface area contributed by atoms with Crippen LogP contribution in [-0.2, 0) is 9.59 Å². The molecule has 1 aromatic rings. The van der Waals surface area contributed by atoms with E-state index < -0.39 is 12.1 Å². The van der Waals surface area contributed by atoms with Gasteiger partial charge in [0.05, 0.1) is 6.54 Å². The molecule has 0 aliphatic heterocycles. The molecule has 6 heteroatoms. The first kappa shape index (κ1) is 19.2. The molecule has 2 N–H and O–H groups in total. The van der Waals surface area contributed by atoms with Crippen LogP contribution in [0, 0.1) is 6.92 Å². The van der Waals surface area contributed by atoms with Gasteiger partial charge in [0.1, 0.15) is 5.75 Å². The van der Waals surface area contributed by atoms with Gasteiger partial charge in [0.25, 0.3) is 5.91 Å². The predicted molar refractivity (Wildman–Crippen MR) is 95.7 cm³/mol. The Bertz CT molecular complexity index is 599. The number of ether oxygens (including phenoxy) is 1. The van der Waals surface area contributed by atoms with Crippen LogP contribution in [0.25, 0.3) is 0 Å². The number of carboxylic acid groups (broad SMARTS) is 1. The number of benzene rings is 1. The highest BCUT2D eigenvalue weighted by Crippen LogP contribution is 2.26. The summed E-state index contributed by atoms with van der Waals surface area (Å²) in [6.07, 6.45) is 1.65. The summed E-state index contributed by atoms with van der Waals surface area (Å²) in [6.45, 7) is 6.62. The maximum atomic E-state index is 12.4. The summed E-state index contributed by atoms with van der Waals surface area (Å²) in [5.41, 5.74) is 1.09. The molecule has 1 aromatic carbocycles. The normalized spacial score (nSPS) is 20.6. The zero-order chi connectivity index (χ0) is 18.4. The van der Waals surface area contributed by atoms with E-state index in [1.165, 1.54) is 0 Å². The van der Waals surface area contributed by atoms with Crippen molar-refractivity contribution in [3.8, 4) is 5.75 Å². The standard InChI is InChI=1S/C19H28N2O4/c1-4-17(25-16-8-6-7-13(3)9-16)19(24)20-14-10-15(11-14)21(5-2)12-18(22)23/h6-9,14-15,17H,4-5,10-12H2,1-3H3,(H,20,24)(H,22,23). The number of aryl methyl sites for hydroxylation is 1. The van der Waals surface area contributed by atoms with Gasteiger partial charge in [-0.25, -0.2) is 0 Å². The number of rotatable bonds is 9. The van der Waals surface area contributed by atoms with Gasteiger partial charge >= 0.3 is 5.97 Å². The van der Waals surface area contributed by atoms with Crippen LogP contribution in [0.15, 0.2) is 24.3 Å². The fourth-order valence-corrected chi connectivity index (χ4v) is 3.15. The Balaban J connectivity index is 1.82. The summed E-state index contributed by atoms with van der Waals surface area (Å²) in [7, 11) is 0. The molecule has 0 radical (unpaired) electrons. The van der Waals surface area contributed by atoms with Crippen molar-refractivity contribution in [2.24, 2.45) is 0 Å². The van der Waals surface area contributed by atoms with Crippen molar-refractivity contribution in [1.82, 2.24) is 10.2 Å². The molecule has 1 aliphatic carbocycles. The highest BCUT2D eigenvalue weighted by molar-refractivity contribution is 5.81. The maximum absolute atomic E-state index is 12.4. The lowest BCUT2D eigenvalue weighted by Gasteiger charge is -2.42. The molecule has 1 amide bonds. The van der Waals surface area contributed by atoms with Gasteiger partial charge in [-0.15, -0.1) is 0 Å². The topological polar surface area (TPSA) is 78.9 Å². The van der Waals surface area contributed by atoms with E-state index in [1.807, 2.05) is 49.9 Å². The number of likely N-dealkylation sites (N-methyl/N-ethyl adjacent to an activating group) is 1. The number of aliphatic carboxylic acids is 1. The van der Waals surface area contributed by atoms with Gasteiger partial charge in [-0.05, 0) is 50.4 Å². The van der Waals surface area contributed by atoms with Crippen LogP contribution < -0.4 is 10.1 Å². The molecule has 2 rings (SSSR count). The second-order valence-electron chi connectivity index (χ2n) is 6.62. The molecule has 25 heavy (non-hydrogen) atoms. The van der Waals surface area contributed by atoms with Crippen molar-refractivity contribution < 1.29 is 19.4 Å². The number of carbonyl (C=O) groups is 2. The second-order valence-corrected chi connectivity index (χ2v) is 6.62. The lowest BCUT2D eigenvalue weighted by molar-refractivity contribution is -0.140. The molecule has 0 heterocycles. The lowest BCUT2D eigenvalue weighted by atomic mass is 9.85. The summed E-state index contributed by atoms with van der Waals surface area (Å²) in [5, 5.41) is 12.0. The third kappa shape index (κ3) is 5.46. The summed E-state index contributed by atoms with van der Waals surface area (Å²) in [4.78, 5) is 25.3. The van der Waals surface area contributed by atoms with Crippen LogP contribution in [0.2, 0.25) is 0 Å². The van der Waals surface area contributed by atoms with Crippen LogP contribution in [0.3, 0.4) is 0 Å². The molecule has 0 bridgehead atoms. The van der Waals surface area contributed by atoms with Gasteiger partial charge in [-0.3, -0.25) is 14.5 Å². The Morgan fingerprint density at radius 3 is 2.64 bits per heavy atom. The monoisotopic (exact) mass is 348 g/mol. The molecular weight excluding hydrogens is 320 g/mol. The molecule has 1 unspecified atom stereocenters. The van der Waals surface area contributed by atoms with E-state index in [-0.39, 0.29) is 24.5 Å². The summed E-state index contributed by atoms with van der Waals surface area (Å²) < 4.78 is 5.82. The van der Waals surface area contributed by atoms with Crippen LogP contribution in [-0.4, -0.2) is 53.2 Å². The Kier molecular flexibility index (Phi) is 6.82. The average Bonchev–Trinajstić information content (AvgIpc) is 2.53. The smallest absolute Gasteiger partial charge is 0.317 e. The molecule has 0 spiro atoms. The minimum Gasteiger partial charge on any atom is -0.481 e. The highest BCUT2D eigenvalue weighted by Gasteiger charge is 2.35. The molecule has 138 valence electrons. The molecule has 1 saturated carbocycles. The number of nitrogens with one attached hydrogen (secondary N) is 1. The zero-order valence-electron chi connectivity index (χ0n) is 15.2. The number of hydrogen-bond donors (Lipinski definition) is 2. The Hall–Kier alpha value is -2.08. The van der Waals surface area contributed by atoms with E-state index in [0.717, 1.165) is 18.4 Å². The van der Waals surface area contributed by atoms with Crippen LogP contribution in [0.5, 0.6) is 5.75 Å². The first-order valence-corrected chi connectivity index (χ1v) is 8.92. The van der Waals surface area contributed by atoms with E-state index in [1.54, 1.807) is 0 Å². The molecule has 6 nitrogen and oxygen atoms in total.